The van der Waals surface area contributed by atoms with Crippen molar-refractivity contribution in [1.29, 1.82) is 0 Å². The molecule has 1 rings (SSSR count). The van der Waals surface area contributed by atoms with Gasteiger partial charge in [0.25, 0.3) is 0 Å². The molecule has 1 aliphatic rings. The Morgan fingerprint density at radius 1 is 1.57 bits per heavy atom. The highest BCUT2D eigenvalue weighted by atomic mass is 32.1. The van der Waals surface area contributed by atoms with Crippen molar-refractivity contribution >= 4 is 12.6 Å². The maximum absolute atomic E-state index is 4.70. The fourth-order valence-corrected chi connectivity index (χ4v) is 3.42. The molecule has 0 spiro atoms. The molecule has 80 valence electrons. The summed E-state index contributed by atoms with van der Waals surface area (Å²) in [5.74, 6) is 0.593. The highest BCUT2D eigenvalue weighted by Gasteiger charge is 2.35. The second-order valence-electron chi connectivity index (χ2n) is 4.97. The minimum atomic E-state index is 0.367. The van der Waals surface area contributed by atoms with Gasteiger partial charge in [-0.05, 0) is 38.0 Å². The van der Waals surface area contributed by atoms with Crippen LogP contribution in [0.4, 0.5) is 0 Å². The van der Waals surface area contributed by atoms with Crippen molar-refractivity contribution in [2.75, 3.05) is 0 Å². The van der Waals surface area contributed by atoms with Gasteiger partial charge >= 0.3 is 0 Å². The third kappa shape index (κ3) is 2.44. The van der Waals surface area contributed by atoms with E-state index in [2.05, 4.69) is 45.9 Å². The van der Waals surface area contributed by atoms with Crippen molar-refractivity contribution < 1.29 is 0 Å². The van der Waals surface area contributed by atoms with Crippen molar-refractivity contribution in [3.63, 3.8) is 0 Å². The predicted molar refractivity (Wildman–Crippen MR) is 67.9 cm³/mol. The third-order valence-electron chi connectivity index (χ3n) is 3.32. The first-order valence-electron chi connectivity index (χ1n) is 5.46. The molecule has 0 aliphatic heterocycles. The molecule has 0 fully saturated rings. The Balaban J connectivity index is 2.91. The maximum Gasteiger partial charge on any atom is 0.0267 e. The highest BCUT2D eigenvalue weighted by Crippen LogP contribution is 2.44. The summed E-state index contributed by atoms with van der Waals surface area (Å²) in [6.07, 6.45) is 9.20. The standard InChI is InChI=1S/C13H22S/c1-5-7-11(14)12-10(2)8-6-9-13(12,3)4/h5,7-8,11-12,14H,6,9H2,1-4H3/b7-5+. The number of rotatable bonds is 2. The zero-order valence-electron chi connectivity index (χ0n) is 9.75. The van der Waals surface area contributed by atoms with Gasteiger partial charge in [-0.2, -0.15) is 12.6 Å². The van der Waals surface area contributed by atoms with Crippen LogP contribution in [0, 0.1) is 11.3 Å². The van der Waals surface area contributed by atoms with Crippen molar-refractivity contribution in [2.24, 2.45) is 11.3 Å². The van der Waals surface area contributed by atoms with Gasteiger partial charge in [-0.25, -0.2) is 0 Å². The van der Waals surface area contributed by atoms with Gasteiger partial charge in [-0.3, -0.25) is 0 Å². The molecule has 0 aromatic carbocycles. The van der Waals surface area contributed by atoms with Crippen LogP contribution in [0.3, 0.4) is 0 Å². The summed E-state index contributed by atoms with van der Waals surface area (Å²) in [7, 11) is 0. The molecule has 1 aliphatic carbocycles. The molecule has 0 radical (unpaired) electrons. The third-order valence-corrected chi connectivity index (χ3v) is 3.79. The van der Waals surface area contributed by atoms with Gasteiger partial charge in [0.1, 0.15) is 0 Å². The van der Waals surface area contributed by atoms with E-state index in [4.69, 9.17) is 12.6 Å². The van der Waals surface area contributed by atoms with Gasteiger partial charge in [0.2, 0.25) is 0 Å². The van der Waals surface area contributed by atoms with Gasteiger partial charge in [0.05, 0.1) is 0 Å². The van der Waals surface area contributed by atoms with E-state index >= 15 is 0 Å². The zero-order chi connectivity index (χ0) is 10.8. The molecule has 0 N–H and O–H groups in total. The zero-order valence-corrected chi connectivity index (χ0v) is 10.6. The van der Waals surface area contributed by atoms with E-state index in [9.17, 15) is 0 Å². The van der Waals surface area contributed by atoms with E-state index in [0.717, 1.165) is 0 Å². The molecule has 0 amide bonds. The van der Waals surface area contributed by atoms with Crippen LogP contribution < -0.4 is 0 Å². The number of thiol groups is 1. The van der Waals surface area contributed by atoms with E-state index in [0.29, 0.717) is 16.6 Å². The van der Waals surface area contributed by atoms with Crippen molar-refractivity contribution in [3.05, 3.63) is 23.8 Å². The minimum Gasteiger partial charge on any atom is -0.171 e. The van der Waals surface area contributed by atoms with Crippen LogP contribution in [-0.2, 0) is 0 Å². The molecule has 0 nitrogen and oxygen atoms in total. The average molecular weight is 210 g/mol. The molecule has 0 heterocycles. The van der Waals surface area contributed by atoms with Gasteiger partial charge in [-0.15, -0.1) is 0 Å². The lowest BCUT2D eigenvalue weighted by Crippen LogP contribution is -2.33. The second-order valence-corrected chi connectivity index (χ2v) is 5.57. The van der Waals surface area contributed by atoms with E-state index in [-0.39, 0.29) is 0 Å². The van der Waals surface area contributed by atoms with Gasteiger partial charge in [0, 0.05) is 5.25 Å². The van der Waals surface area contributed by atoms with Crippen LogP contribution in [0.25, 0.3) is 0 Å². The van der Waals surface area contributed by atoms with Gasteiger partial charge in [-0.1, -0.05) is 37.6 Å². The Morgan fingerprint density at radius 2 is 2.21 bits per heavy atom. The molecule has 0 aromatic rings. The molecule has 2 atom stereocenters. The van der Waals surface area contributed by atoms with E-state index in [1.807, 2.05) is 0 Å². The predicted octanol–water partition coefficient (Wildman–Crippen LogP) is 4.24. The van der Waals surface area contributed by atoms with Gasteiger partial charge < -0.3 is 0 Å². The molecule has 1 heteroatoms. The van der Waals surface area contributed by atoms with Crippen LogP contribution in [0.2, 0.25) is 0 Å². The van der Waals surface area contributed by atoms with Crippen molar-refractivity contribution in [3.8, 4) is 0 Å². The van der Waals surface area contributed by atoms with Crippen molar-refractivity contribution in [1.82, 2.24) is 0 Å². The first kappa shape index (κ1) is 11.9. The number of hydrogen-bond acceptors (Lipinski definition) is 1. The quantitative estimate of drug-likeness (QED) is 0.511. The Hall–Kier alpha value is -0.170. The Bertz CT molecular complexity index is 248. The fourth-order valence-electron chi connectivity index (χ4n) is 2.61. The summed E-state index contributed by atoms with van der Waals surface area (Å²) >= 11 is 4.70. The lowest BCUT2D eigenvalue weighted by Gasteiger charge is -2.40. The molecular weight excluding hydrogens is 188 g/mol. The molecule has 0 bridgehead atoms. The lowest BCUT2D eigenvalue weighted by atomic mass is 9.67. The van der Waals surface area contributed by atoms with Crippen LogP contribution in [0.1, 0.15) is 40.5 Å². The monoisotopic (exact) mass is 210 g/mol. The SMILES string of the molecule is C/C=C/C(S)C1C(C)=CCCC1(C)C. The first-order chi connectivity index (χ1) is 6.49. The molecule has 0 saturated heterocycles. The topological polar surface area (TPSA) is 0 Å². The largest absolute Gasteiger partial charge is 0.171 e. The maximum atomic E-state index is 4.70. The number of hydrogen-bond donors (Lipinski definition) is 1. The molecule has 0 aromatic heterocycles. The summed E-state index contributed by atoms with van der Waals surface area (Å²) in [5.41, 5.74) is 1.91. The lowest BCUT2D eigenvalue weighted by molar-refractivity contribution is 0.221. The summed E-state index contributed by atoms with van der Waals surface area (Å²) in [4.78, 5) is 0. The first-order valence-corrected chi connectivity index (χ1v) is 5.98. The van der Waals surface area contributed by atoms with Crippen LogP contribution in [0.5, 0.6) is 0 Å². The van der Waals surface area contributed by atoms with Crippen LogP contribution in [0.15, 0.2) is 23.8 Å². The number of allylic oxidation sites excluding steroid dienone is 3. The summed E-state index contributed by atoms with van der Waals surface area (Å²) in [6, 6.07) is 0. The summed E-state index contributed by atoms with van der Waals surface area (Å²) in [6.45, 7) is 9.04. The fraction of sp³-hybridized carbons (Fsp3) is 0.692. The van der Waals surface area contributed by atoms with Crippen LogP contribution >= 0.6 is 12.6 Å². The van der Waals surface area contributed by atoms with E-state index in [1.54, 1.807) is 0 Å². The average Bonchev–Trinajstić information content (AvgIpc) is 2.02. The Kier molecular flexibility index (Phi) is 3.88. The smallest absolute Gasteiger partial charge is 0.0267 e. The minimum absolute atomic E-state index is 0.367. The van der Waals surface area contributed by atoms with E-state index in [1.165, 1.54) is 18.4 Å². The van der Waals surface area contributed by atoms with Crippen molar-refractivity contribution in [2.45, 2.75) is 45.8 Å². The summed E-state index contributed by atoms with van der Waals surface area (Å²) in [5, 5.41) is 0.367. The Morgan fingerprint density at radius 3 is 2.71 bits per heavy atom. The van der Waals surface area contributed by atoms with Crippen LogP contribution in [-0.4, -0.2) is 5.25 Å². The normalized spacial score (nSPS) is 28.9. The Labute approximate surface area is 93.9 Å². The van der Waals surface area contributed by atoms with E-state index < -0.39 is 0 Å². The second kappa shape index (κ2) is 4.57. The molecular formula is C13H22S. The highest BCUT2D eigenvalue weighted by molar-refractivity contribution is 7.81. The molecule has 2 unspecified atom stereocenters. The molecule has 14 heavy (non-hydrogen) atoms. The summed E-state index contributed by atoms with van der Waals surface area (Å²) < 4.78 is 0. The van der Waals surface area contributed by atoms with Gasteiger partial charge in [0.15, 0.2) is 0 Å². The molecule has 0 saturated carbocycles.